The van der Waals surface area contributed by atoms with E-state index in [0.29, 0.717) is 0 Å². The molecule has 19 heavy (non-hydrogen) atoms. The van der Waals surface area contributed by atoms with Crippen molar-refractivity contribution in [2.75, 3.05) is 13.1 Å². The van der Waals surface area contributed by atoms with Crippen molar-refractivity contribution >= 4 is 28.5 Å². The summed E-state index contributed by atoms with van der Waals surface area (Å²) in [5.41, 5.74) is 0.666. The first-order valence-corrected chi connectivity index (χ1v) is 7.61. The summed E-state index contributed by atoms with van der Waals surface area (Å²) in [6.07, 6.45) is 0. The van der Waals surface area contributed by atoms with E-state index in [-0.39, 0.29) is 17.0 Å². The third kappa shape index (κ3) is 3.69. The molecule has 1 aromatic carbocycles. The van der Waals surface area contributed by atoms with Gasteiger partial charge in [0.05, 0.1) is 0 Å². The number of carbonyl (C=O) groups is 1. The highest BCUT2D eigenvalue weighted by atomic mass is 127. The molecule has 3 nitrogen and oxygen atoms in total. The molecule has 0 atom stereocenters. The Morgan fingerprint density at radius 1 is 1.21 bits per heavy atom. The molecule has 1 aliphatic heterocycles. The average molecular weight is 372 g/mol. The molecule has 0 aliphatic carbocycles. The number of amides is 1. The van der Waals surface area contributed by atoms with E-state index in [2.05, 4.69) is 55.6 Å². The first-order chi connectivity index (χ1) is 8.69. The number of rotatable bonds is 1. The Kier molecular flexibility index (Phi) is 3.93. The highest BCUT2D eigenvalue weighted by molar-refractivity contribution is 14.1. The van der Waals surface area contributed by atoms with Crippen molar-refractivity contribution in [2.45, 2.75) is 38.8 Å². The predicted molar refractivity (Wildman–Crippen MR) is 86.4 cm³/mol. The Labute approximate surface area is 128 Å². The molecule has 0 unspecified atom stereocenters. The van der Waals surface area contributed by atoms with Crippen molar-refractivity contribution in [3.8, 4) is 0 Å². The zero-order valence-corrected chi connectivity index (χ0v) is 14.1. The smallest absolute Gasteiger partial charge is 0.254 e. The molecular weight excluding hydrogens is 351 g/mol. The van der Waals surface area contributed by atoms with Gasteiger partial charge in [-0.15, -0.1) is 0 Å². The normalized spacial score (nSPS) is 21.2. The topological polar surface area (TPSA) is 32.3 Å². The van der Waals surface area contributed by atoms with Gasteiger partial charge in [0, 0.05) is 33.3 Å². The van der Waals surface area contributed by atoms with Gasteiger partial charge in [0.15, 0.2) is 0 Å². The predicted octanol–water partition coefficient (Wildman–Crippen LogP) is 2.89. The van der Waals surface area contributed by atoms with Gasteiger partial charge >= 0.3 is 0 Å². The lowest BCUT2D eigenvalue weighted by atomic mass is 9.91. The van der Waals surface area contributed by atoms with Crippen LogP contribution >= 0.6 is 22.6 Å². The lowest BCUT2D eigenvalue weighted by Crippen LogP contribution is -2.67. The van der Waals surface area contributed by atoms with Crippen LogP contribution in [-0.2, 0) is 0 Å². The van der Waals surface area contributed by atoms with Gasteiger partial charge in [0.1, 0.15) is 0 Å². The van der Waals surface area contributed by atoms with Crippen LogP contribution in [0.4, 0.5) is 0 Å². The van der Waals surface area contributed by atoms with E-state index in [9.17, 15) is 4.79 Å². The molecule has 1 aromatic rings. The number of nitrogens with zero attached hydrogens (tertiary/aromatic N) is 1. The summed E-state index contributed by atoms with van der Waals surface area (Å²) in [5.74, 6) is 0.126. The van der Waals surface area contributed by atoms with Gasteiger partial charge in [0.2, 0.25) is 0 Å². The van der Waals surface area contributed by atoms with Gasteiger partial charge in [0.25, 0.3) is 5.91 Å². The minimum atomic E-state index is -0.0562. The number of carbonyl (C=O) groups excluding carboxylic acids is 1. The second kappa shape index (κ2) is 5.05. The third-order valence-electron chi connectivity index (χ3n) is 3.21. The van der Waals surface area contributed by atoms with E-state index >= 15 is 0 Å². The molecule has 0 spiro atoms. The summed E-state index contributed by atoms with van der Waals surface area (Å²) < 4.78 is 1.09. The van der Waals surface area contributed by atoms with Crippen LogP contribution in [0.2, 0.25) is 0 Å². The average Bonchev–Trinajstić information content (AvgIpc) is 2.23. The van der Waals surface area contributed by atoms with Crippen LogP contribution < -0.4 is 5.32 Å². The maximum atomic E-state index is 12.6. The maximum absolute atomic E-state index is 12.6. The Morgan fingerprint density at radius 2 is 1.79 bits per heavy atom. The number of halogens is 1. The maximum Gasteiger partial charge on any atom is 0.254 e. The van der Waals surface area contributed by atoms with E-state index in [1.54, 1.807) is 0 Å². The SMILES string of the molecule is CC1(C)CN(C(=O)c2cccc(I)c2)CC(C)(C)N1. The van der Waals surface area contributed by atoms with Crippen LogP contribution in [0.15, 0.2) is 24.3 Å². The van der Waals surface area contributed by atoms with Crippen molar-refractivity contribution < 1.29 is 4.79 Å². The molecule has 0 radical (unpaired) electrons. The fraction of sp³-hybridized carbons (Fsp3) is 0.533. The molecule has 1 heterocycles. The number of hydrogen-bond donors (Lipinski definition) is 1. The molecule has 4 heteroatoms. The van der Waals surface area contributed by atoms with Crippen molar-refractivity contribution in [1.82, 2.24) is 10.2 Å². The van der Waals surface area contributed by atoms with Crippen molar-refractivity contribution in [2.24, 2.45) is 0 Å². The first-order valence-electron chi connectivity index (χ1n) is 6.53. The van der Waals surface area contributed by atoms with E-state index in [4.69, 9.17) is 0 Å². The van der Waals surface area contributed by atoms with E-state index in [1.807, 2.05) is 29.2 Å². The number of benzene rings is 1. The highest BCUT2D eigenvalue weighted by Crippen LogP contribution is 2.22. The zero-order chi connectivity index (χ0) is 14.3. The summed E-state index contributed by atoms with van der Waals surface area (Å²) >= 11 is 2.24. The lowest BCUT2D eigenvalue weighted by molar-refractivity contribution is 0.0472. The molecule has 1 aliphatic rings. The minimum absolute atomic E-state index is 0.0562. The van der Waals surface area contributed by atoms with Crippen LogP contribution in [0.3, 0.4) is 0 Å². The minimum Gasteiger partial charge on any atom is -0.335 e. The molecule has 2 rings (SSSR count). The van der Waals surface area contributed by atoms with Gasteiger partial charge in [-0.3, -0.25) is 4.79 Å². The molecule has 1 amide bonds. The van der Waals surface area contributed by atoms with Gasteiger partial charge in [-0.2, -0.15) is 0 Å². The molecule has 1 fully saturated rings. The Bertz CT molecular complexity index is 481. The zero-order valence-electron chi connectivity index (χ0n) is 12.0. The summed E-state index contributed by atoms with van der Waals surface area (Å²) in [7, 11) is 0. The van der Waals surface area contributed by atoms with Crippen molar-refractivity contribution in [3.05, 3.63) is 33.4 Å². The van der Waals surface area contributed by atoms with Crippen LogP contribution in [0.1, 0.15) is 38.1 Å². The lowest BCUT2D eigenvalue weighted by Gasteiger charge is -2.48. The van der Waals surface area contributed by atoms with Gasteiger partial charge in [-0.1, -0.05) is 6.07 Å². The van der Waals surface area contributed by atoms with E-state index < -0.39 is 0 Å². The van der Waals surface area contributed by atoms with Crippen molar-refractivity contribution in [3.63, 3.8) is 0 Å². The fourth-order valence-electron chi connectivity index (χ4n) is 2.95. The largest absolute Gasteiger partial charge is 0.335 e. The monoisotopic (exact) mass is 372 g/mol. The fourth-order valence-corrected chi connectivity index (χ4v) is 3.50. The molecule has 0 aromatic heterocycles. The second-order valence-corrected chi connectivity index (χ2v) is 7.81. The standard InChI is InChI=1S/C15H21IN2O/c1-14(2)9-18(10-15(3,4)17-14)13(19)11-6-5-7-12(16)8-11/h5-8,17H,9-10H2,1-4H3. The van der Waals surface area contributed by atoms with Crippen LogP contribution in [0, 0.1) is 3.57 Å². The molecule has 104 valence electrons. The summed E-state index contributed by atoms with van der Waals surface area (Å²) in [4.78, 5) is 14.6. The quantitative estimate of drug-likeness (QED) is 0.769. The first kappa shape index (κ1) is 14.8. The van der Waals surface area contributed by atoms with Crippen molar-refractivity contribution in [1.29, 1.82) is 0 Å². The van der Waals surface area contributed by atoms with Gasteiger partial charge in [-0.25, -0.2) is 0 Å². The Hall–Kier alpha value is -0.620. The second-order valence-electron chi connectivity index (χ2n) is 6.56. The summed E-state index contributed by atoms with van der Waals surface area (Å²) in [6.45, 7) is 10.0. The third-order valence-corrected chi connectivity index (χ3v) is 3.88. The number of piperazine rings is 1. The molecule has 1 N–H and O–H groups in total. The van der Waals surface area contributed by atoms with Crippen LogP contribution in [-0.4, -0.2) is 35.0 Å². The van der Waals surface area contributed by atoms with Crippen LogP contribution in [0.25, 0.3) is 0 Å². The Balaban J connectivity index is 2.24. The molecule has 0 bridgehead atoms. The summed E-state index contributed by atoms with van der Waals surface area (Å²) in [6, 6.07) is 7.79. The number of hydrogen-bond acceptors (Lipinski definition) is 2. The Morgan fingerprint density at radius 3 is 2.32 bits per heavy atom. The van der Waals surface area contributed by atoms with Gasteiger partial charge < -0.3 is 10.2 Å². The highest BCUT2D eigenvalue weighted by Gasteiger charge is 2.38. The van der Waals surface area contributed by atoms with E-state index in [0.717, 1.165) is 22.2 Å². The van der Waals surface area contributed by atoms with E-state index in [1.165, 1.54) is 0 Å². The van der Waals surface area contributed by atoms with Crippen LogP contribution in [0.5, 0.6) is 0 Å². The molecule has 1 saturated heterocycles. The summed E-state index contributed by atoms with van der Waals surface area (Å²) in [5, 5.41) is 3.58. The van der Waals surface area contributed by atoms with Gasteiger partial charge in [-0.05, 0) is 68.5 Å². The number of nitrogens with one attached hydrogen (secondary N) is 1. The molecular formula is C15H21IN2O. The molecule has 0 saturated carbocycles.